The molecule has 0 unspecified atom stereocenters. The molecule has 2 rings (SSSR count). The van der Waals surface area contributed by atoms with E-state index < -0.39 is 24.7 Å². The minimum Gasteiger partial charge on any atom is -0.358 e. The van der Waals surface area contributed by atoms with E-state index in [2.05, 4.69) is 15.2 Å². The zero-order valence-corrected chi connectivity index (χ0v) is 12.5. The van der Waals surface area contributed by atoms with Gasteiger partial charge in [-0.3, -0.25) is 0 Å². The fourth-order valence-electron chi connectivity index (χ4n) is 1.48. The molecular formula is C9H10ClN5O5S. The molecule has 0 aromatic carbocycles. The first-order chi connectivity index (χ1) is 9.68. The van der Waals surface area contributed by atoms with E-state index in [9.17, 15) is 18.5 Å². The molecule has 0 saturated heterocycles. The van der Waals surface area contributed by atoms with Crippen molar-refractivity contribution in [3.05, 3.63) is 28.0 Å². The molecule has 0 aliphatic heterocycles. The molecule has 0 atom stereocenters. The summed E-state index contributed by atoms with van der Waals surface area (Å²) in [6.45, 7) is 3.63. The van der Waals surface area contributed by atoms with Crippen LogP contribution in [0.5, 0.6) is 0 Å². The Labute approximate surface area is 123 Å². The molecule has 0 fully saturated rings. The number of hydrogen-bond acceptors (Lipinski definition) is 8. The van der Waals surface area contributed by atoms with Crippen LogP contribution in [0.2, 0.25) is 0 Å². The number of halogens is 1. The molecule has 12 heteroatoms. The highest BCUT2D eigenvalue weighted by Gasteiger charge is 2.30. The van der Waals surface area contributed by atoms with Crippen LogP contribution < -0.4 is 0 Å². The zero-order chi connectivity index (χ0) is 15.8. The van der Waals surface area contributed by atoms with Crippen molar-refractivity contribution in [2.45, 2.75) is 31.2 Å². The predicted molar refractivity (Wildman–Crippen MR) is 69.4 cm³/mol. The molecule has 2 aromatic heterocycles. The maximum Gasteiger partial charge on any atom is 0.410 e. The minimum atomic E-state index is -4.28. The monoisotopic (exact) mass is 335 g/mol. The van der Waals surface area contributed by atoms with Crippen molar-refractivity contribution in [3.8, 4) is 0 Å². The third kappa shape index (κ3) is 3.36. The normalized spacial score (nSPS) is 12.0. The van der Waals surface area contributed by atoms with Crippen molar-refractivity contribution < 1.29 is 17.9 Å². The van der Waals surface area contributed by atoms with E-state index in [1.165, 1.54) is 0 Å². The largest absolute Gasteiger partial charge is 0.410 e. The molecule has 2 heterocycles. The molecule has 0 bridgehead atoms. The van der Waals surface area contributed by atoms with Gasteiger partial charge in [0, 0.05) is 16.6 Å². The van der Waals surface area contributed by atoms with Gasteiger partial charge in [-0.1, -0.05) is 19.0 Å². The van der Waals surface area contributed by atoms with Crippen molar-refractivity contribution in [3.63, 3.8) is 0 Å². The molecule has 2 aromatic rings. The summed E-state index contributed by atoms with van der Waals surface area (Å²) in [6, 6.07) is 0. The van der Waals surface area contributed by atoms with E-state index in [1.807, 2.05) is 13.8 Å². The van der Waals surface area contributed by atoms with Gasteiger partial charge in [-0.05, 0) is 4.92 Å². The Morgan fingerprint density at radius 3 is 2.62 bits per heavy atom. The summed E-state index contributed by atoms with van der Waals surface area (Å²) in [7, 11) is 0.855. The van der Waals surface area contributed by atoms with Crippen LogP contribution in [0.15, 0.2) is 15.6 Å². The van der Waals surface area contributed by atoms with Gasteiger partial charge in [0.05, 0.1) is 11.3 Å². The van der Waals surface area contributed by atoms with E-state index in [4.69, 9.17) is 15.2 Å². The average molecular weight is 336 g/mol. The van der Waals surface area contributed by atoms with Crippen LogP contribution in [-0.4, -0.2) is 33.3 Å². The van der Waals surface area contributed by atoms with Crippen molar-refractivity contribution in [2.24, 2.45) is 0 Å². The Morgan fingerprint density at radius 1 is 1.52 bits per heavy atom. The van der Waals surface area contributed by atoms with Gasteiger partial charge in [0.2, 0.25) is 10.8 Å². The number of aromatic nitrogens is 4. The number of nitro groups is 1. The van der Waals surface area contributed by atoms with Gasteiger partial charge >= 0.3 is 5.82 Å². The Kier molecular flexibility index (Phi) is 3.96. The summed E-state index contributed by atoms with van der Waals surface area (Å²) < 4.78 is 28.5. The highest BCUT2D eigenvalue weighted by atomic mass is 35.7. The van der Waals surface area contributed by atoms with Crippen molar-refractivity contribution in [1.82, 2.24) is 19.9 Å². The Morgan fingerprint density at radius 2 is 2.19 bits per heavy atom. The number of nitrogens with zero attached hydrogens (tertiary/aromatic N) is 5. The highest BCUT2D eigenvalue weighted by Crippen LogP contribution is 2.25. The molecular weight excluding hydrogens is 326 g/mol. The summed E-state index contributed by atoms with van der Waals surface area (Å²) >= 11 is 0. The molecule has 10 nitrogen and oxygen atoms in total. The van der Waals surface area contributed by atoms with Gasteiger partial charge in [-0.2, -0.15) is 9.67 Å². The molecule has 0 radical (unpaired) electrons. The average Bonchev–Trinajstić information content (AvgIpc) is 2.95. The van der Waals surface area contributed by atoms with Gasteiger partial charge in [-0.25, -0.2) is 8.42 Å². The van der Waals surface area contributed by atoms with Crippen LogP contribution in [0, 0.1) is 10.1 Å². The fraction of sp³-hybridized carbons (Fsp3) is 0.444. The van der Waals surface area contributed by atoms with Crippen LogP contribution in [0.4, 0.5) is 5.82 Å². The van der Waals surface area contributed by atoms with Gasteiger partial charge in [0.25, 0.3) is 9.05 Å². The second kappa shape index (κ2) is 5.41. The Bertz CT molecular complexity index is 780. The molecule has 0 aliphatic carbocycles. The molecule has 21 heavy (non-hydrogen) atoms. The van der Waals surface area contributed by atoms with Gasteiger partial charge in [-0.15, -0.1) is 0 Å². The molecule has 0 spiro atoms. The zero-order valence-electron chi connectivity index (χ0n) is 10.9. The quantitative estimate of drug-likeness (QED) is 0.453. The van der Waals surface area contributed by atoms with Gasteiger partial charge in [0.15, 0.2) is 5.82 Å². The van der Waals surface area contributed by atoms with Crippen LogP contribution in [-0.2, 0) is 15.6 Å². The minimum absolute atomic E-state index is 0.0493. The van der Waals surface area contributed by atoms with Crippen LogP contribution in [0.25, 0.3) is 0 Å². The second-order valence-corrected chi connectivity index (χ2v) is 6.94. The maximum absolute atomic E-state index is 11.3. The number of hydrogen-bond donors (Lipinski definition) is 0. The third-order valence-electron chi connectivity index (χ3n) is 2.44. The lowest BCUT2D eigenvalue weighted by atomic mass is 10.2. The first-order valence-corrected chi connectivity index (χ1v) is 7.98. The summed E-state index contributed by atoms with van der Waals surface area (Å²) in [6.07, 6.45) is 0.944. The van der Waals surface area contributed by atoms with Crippen molar-refractivity contribution >= 4 is 25.6 Å². The van der Waals surface area contributed by atoms with Crippen molar-refractivity contribution in [1.29, 1.82) is 0 Å². The lowest BCUT2D eigenvalue weighted by Gasteiger charge is -1.92. The fourth-order valence-corrected chi connectivity index (χ4v) is 2.39. The SMILES string of the molecule is CC(C)c1noc(Cn2cc(S(=O)(=O)Cl)c([N+](=O)[O-])n2)n1. The highest BCUT2D eigenvalue weighted by molar-refractivity contribution is 8.13. The maximum atomic E-state index is 11.3. The summed E-state index contributed by atoms with van der Waals surface area (Å²) in [5.41, 5.74) is 0. The molecule has 114 valence electrons. The van der Waals surface area contributed by atoms with Gasteiger partial charge in [0.1, 0.15) is 6.54 Å². The van der Waals surface area contributed by atoms with Crippen LogP contribution in [0.1, 0.15) is 31.5 Å². The summed E-state index contributed by atoms with van der Waals surface area (Å²) in [5.74, 6) is -0.187. The van der Waals surface area contributed by atoms with Crippen molar-refractivity contribution in [2.75, 3.05) is 0 Å². The standard InChI is InChI=1S/C9H10ClN5O5S/c1-5(2)8-11-7(20-13-8)4-14-3-6(21(10,18)19)9(12-14)15(16)17/h3,5H,4H2,1-2H3. The van der Waals surface area contributed by atoms with E-state index in [-0.39, 0.29) is 18.4 Å². The molecule has 0 amide bonds. The summed E-state index contributed by atoms with van der Waals surface area (Å²) in [5, 5.41) is 18.1. The Balaban J connectivity index is 2.34. The first-order valence-electron chi connectivity index (χ1n) is 5.67. The lowest BCUT2D eigenvalue weighted by Crippen LogP contribution is -2.02. The first kappa shape index (κ1) is 15.4. The summed E-state index contributed by atoms with van der Waals surface area (Å²) in [4.78, 5) is 13.2. The lowest BCUT2D eigenvalue weighted by molar-refractivity contribution is -0.392. The van der Waals surface area contributed by atoms with Crippen LogP contribution in [0.3, 0.4) is 0 Å². The topological polar surface area (TPSA) is 134 Å². The van der Waals surface area contributed by atoms with E-state index in [0.717, 1.165) is 10.9 Å². The van der Waals surface area contributed by atoms with E-state index in [1.54, 1.807) is 0 Å². The Hall–Kier alpha value is -2.01. The molecule has 0 saturated carbocycles. The van der Waals surface area contributed by atoms with Crippen LogP contribution >= 0.6 is 10.7 Å². The second-order valence-electron chi connectivity index (χ2n) is 4.41. The van der Waals surface area contributed by atoms with E-state index in [0.29, 0.717) is 5.82 Å². The molecule has 0 N–H and O–H groups in total. The smallest absolute Gasteiger partial charge is 0.358 e. The molecule has 0 aliphatic rings. The third-order valence-corrected chi connectivity index (χ3v) is 3.75. The predicted octanol–water partition coefficient (Wildman–Crippen LogP) is 1.27. The number of rotatable bonds is 5. The van der Waals surface area contributed by atoms with E-state index >= 15 is 0 Å². The van der Waals surface area contributed by atoms with Gasteiger partial charge < -0.3 is 14.6 Å².